The number of nitrogens with two attached hydrogens (primary N) is 1. The maximum absolute atomic E-state index is 11.4. The molecule has 0 aliphatic heterocycles. The van der Waals surface area contributed by atoms with Crippen LogP contribution in [0.5, 0.6) is 0 Å². The van der Waals surface area contributed by atoms with Gasteiger partial charge < -0.3 is 5.73 Å². The smallest absolute Gasteiger partial charge is 0.260 e. The maximum Gasteiger partial charge on any atom is 0.260 e. The zero-order chi connectivity index (χ0) is 18.8. The minimum absolute atomic E-state index is 0.437. The molecule has 2 aromatic carbocycles. The molecule has 0 radical (unpaired) electrons. The Balaban J connectivity index is 1.61. The van der Waals surface area contributed by atoms with Gasteiger partial charge in [0.05, 0.1) is 11.9 Å². The number of aromatic nitrogens is 4. The van der Waals surface area contributed by atoms with Gasteiger partial charge >= 0.3 is 0 Å². The lowest BCUT2D eigenvalue weighted by molar-refractivity contribution is 0.100. The fraction of sp³-hybridized carbons (Fsp3) is 0.100. The fourth-order valence-electron chi connectivity index (χ4n) is 2.87. The number of rotatable bonds is 5. The van der Waals surface area contributed by atoms with Crippen LogP contribution in [0.25, 0.3) is 16.4 Å². The van der Waals surface area contributed by atoms with Gasteiger partial charge in [0.2, 0.25) is 5.13 Å². The summed E-state index contributed by atoms with van der Waals surface area (Å²) in [5.41, 5.74) is 10.2. The second-order valence-corrected chi connectivity index (χ2v) is 7.16. The van der Waals surface area contributed by atoms with Crippen molar-refractivity contribution in [2.45, 2.75) is 13.3 Å². The predicted octanol–water partition coefficient (Wildman–Crippen LogP) is 3.39. The Labute approximate surface area is 160 Å². The lowest BCUT2D eigenvalue weighted by atomic mass is 10.0. The summed E-state index contributed by atoms with van der Waals surface area (Å²) in [6.45, 7) is 1.75. The molecule has 0 spiro atoms. The zero-order valence-electron chi connectivity index (χ0n) is 14.7. The number of nitrogens with zero attached hydrogens (tertiary/aromatic N) is 4. The Bertz CT molecular complexity index is 1100. The van der Waals surface area contributed by atoms with E-state index in [0.29, 0.717) is 15.7 Å². The molecular formula is C20H17N5OS. The number of hydrogen-bond donors (Lipinski definition) is 1. The van der Waals surface area contributed by atoms with Crippen LogP contribution >= 0.6 is 11.3 Å². The Hall–Kier alpha value is -3.32. The van der Waals surface area contributed by atoms with Gasteiger partial charge in [0.15, 0.2) is 0 Å². The molecular weight excluding hydrogens is 358 g/mol. The van der Waals surface area contributed by atoms with Crippen LogP contribution in [0.1, 0.15) is 26.5 Å². The van der Waals surface area contributed by atoms with Crippen molar-refractivity contribution in [3.8, 4) is 16.4 Å². The first-order valence-corrected chi connectivity index (χ1v) is 9.25. The van der Waals surface area contributed by atoms with Gasteiger partial charge in [-0.05, 0) is 30.5 Å². The third-order valence-electron chi connectivity index (χ3n) is 4.17. The van der Waals surface area contributed by atoms with Gasteiger partial charge in [-0.1, -0.05) is 65.1 Å². The van der Waals surface area contributed by atoms with Crippen LogP contribution < -0.4 is 5.73 Å². The largest absolute Gasteiger partial charge is 0.365 e. The van der Waals surface area contributed by atoms with Gasteiger partial charge in [0.25, 0.3) is 5.91 Å². The SMILES string of the molecule is Cc1nc(-n2cc(-c3cccc(Cc4ccccc4)c3)nn2)sc1C(N)=O. The Kier molecular flexibility index (Phi) is 4.52. The summed E-state index contributed by atoms with van der Waals surface area (Å²) in [7, 11) is 0. The topological polar surface area (TPSA) is 86.7 Å². The number of primary amides is 1. The number of aryl methyl sites for hydroxylation is 1. The minimum Gasteiger partial charge on any atom is -0.365 e. The van der Waals surface area contributed by atoms with Crippen LogP contribution in [0.4, 0.5) is 0 Å². The van der Waals surface area contributed by atoms with Gasteiger partial charge in [0.1, 0.15) is 10.6 Å². The first-order valence-electron chi connectivity index (χ1n) is 8.43. The molecule has 134 valence electrons. The molecule has 0 unspecified atom stereocenters. The quantitative estimate of drug-likeness (QED) is 0.579. The molecule has 4 rings (SSSR count). The highest BCUT2D eigenvalue weighted by atomic mass is 32.1. The van der Waals surface area contributed by atoms with Crippen molar-refractivity contribution in [1.29, 1.82) is 0 Å². The summed E-state index contributed by atoms with van der Waals surface area (Å²) < 4.78 is 1.57. The Morgan fingerprint density at radius 3 is 2.63 bits per heavy atom. The monoisotopic (exact) mass is 375 g/mol. The summed E-state index contributed by atoms with van der Waals surface area (Å²) in [6, 6.07) is 18.6. The molecule has 0 bridgehead atoms. The lowest BCUT2D eigenvalue weighted by Gasteiger charge is -2.03. The van der Waals surface area contributed by atoms with Crippen molar-refractivity contribution in [3.05, 3.63) is 82.5 Å². The van der Waals surface area contributed by atoms with Crippen LogP contribution in [-0.4, -0.2) is 25.9 Å². The van der Waals surface area contributed by atoms with Crippen molar-refractivity contribution in [1.82, 2.24) is 20.0 Å². The number of hydrogen-bond acceptors (Lipinski definition) is 5. The van der Waals surface area contributed by atoms with Gasteiger partial charge in [0, 0.05) is 5.56 Å². The van der Waals surface area contributed by atoms with Crippen molar-refractivity contribution in [3.63, 3.8) is 0 Å². The molecule has 0 aliphatic rings. The molecule has 2 heterocycles. The normalized spacial score (nSPS) is 10.9. The summed E-state index contributed by atoms with van der Waals surface area (Å²) in [5.74, 6) is -0.481. The van der Waals surface area contributed by atoms with Crippen LogP contribution in [0.15, 0.2) is 60.8 Å². The number of thiazole rings is 1. The molecule has 0 fully saturated rings. The Morgan fingerprint density at radius 2 is 1.89 bits per heavy atom. The van der Waals surface area contributed by atoms with E-state index in [4.69, 9.17) is 5.73 Å². The van der Waals surface area contributed by atoms with E-state index in [-0.39, 0.29) is 0 Å². The first kappa shape index (κ1) is 17.1. The molecule has 0 atom stereocenters. The third kappa shape index (κ3) is 3.63. The molecule has 4 aromatic rings. The molecule has 2 aromatic heterocycles. The minimum atomic E-state index is -0.481. The van der Waals surface area contributed by atoms with Gasteiger partial charge in [-0.2, -0.15) is 4.68 Å². The number of carbonyl (C=O) groups is 1. The van der Waals surface area contributed by atoms with Crippen LogP contribution in [0.2, 0.25) is 0 Å². The van der Waals surface area contributed by atoms with E-state index in [1.165, 1.54) is 22.5 Å². The highest BCUT2D eigenvalue weighted by Crippen LogP contribution is 2.24. The van der Waals surface area contributed by atoms with E-state index >= 15 is 0 Å². The van der Waals surface area contributed by atoms with Gasteiger partial charge in [-0.25, -0.2) is 4.98 Å². The van der Waals surface area contributed by atoms with Crippen LogP contribution in [0, 0.1) is 6.92 Å². The molecule has 27 heavy (non-hydrogen) atoms. The summed E-state index contributed by atoms with van der Waals surface area (Å²) in [6.07, 6.45) is 2.67. The zero-order valence-corrected chi connectivity index (χ0v) is 15.5. The van der Waals surface area contributed by atoms with E-state index in [1.54, 1.807) is 11.6 Å². The molecule has 0 aliphatic carbocycles. The molecule has 6 nitrogen and oxygen atoms in total. The van der Waals surface area contributed by atoms with E-state index in [9.17, 15) is 4.79 Å². The summed E-state index contributed by atoms with van der Waals surface area (Å²) in [4.78, 5) is 16.2. The highest BCUT2D eigenvalue weighted by molar-refractivity contribution is 7.16. The third-order valence-corrected chi connectivity index (χ3v) is 5.33. The van der Waals surface area contributed by atoms with Crippen LogP contribution in [0.3, 0.4) is 0 Å². The van der Waals surface area contributed by atoms with E-state index in [0.717, 1.165) is 17.7 Å². The van der Waals surface area contributed by atoms with Crippen molar-refractivity contribution >= 4 is 17.2 Å². The summed E-state index contributed by atoms with van der Waals surface area (Å²) >= 11 is 1.21. The standard InChI is InChI=1S/C20H17N5OS/c1-13-18(19(21)26)27-20(22-13)25-12-17(23-24-25)16-9-5-8-15(11-16)10-14-6-3-2-4-7-14/h2-9,11-12H,10H2,1H3,(H2,21,26). The first-order chi connectivity index (χ1) is 13.1. The highest BCUT2D eigenvalue weighted by Gasteiger charge is 2.15. The predicted molar refractivity (Wildman–Crippen MR) is 105 cm³/mol. The second-order valence-electron chi connectivity index (χ2n) is 6.19. The van der Waals surface area contributed by atoms with Gasteiger partial charge in [-0.3, -0.25) is 4.79 Å². The number of carbonyl (C=O) groups excluding carboxylic acids is 1. The molecule has 0 saturated heterocycles. The number of benzene rings is 2. The summed E-state index contributed by atoms with van der Waals surface area (Å²) in [5, 5.41) is 8.98. The van der Waals surface area contributed by atoms with E-state index < -0.39 is 5.91 Å². The molecule has 1 amide bonds. The van der Waals surface area contributed by atoms with Crippen LogP contribution in [-0.2, 0) is 6.42 Å². The molecule has 0 saturated carbocycles. The van der Waals surface area contributed by atoms with E-state index in [1.807, 2.05) is 36.5 Å². The number of amides is 1. The van der Waals surface area contributed by atoms with Crippen molar-refractivity contribution in [2.24, 2.45) is 5.73 Å². The fourth-order valence-corrected chi connectivity index (χ4v) is 3.71. The lowest BCUT2D eigenvalue weighted by Crippen LogP contribution is -2.09. The molecule has 7 heteroatoms. The van der Waals surface area contributed by atoms with Gasteiger partial charge in [-0.15, -0.1) is 5.10 Å². The van der Waals surface area contributed by atoms with E-state index in [2.05, 4.69) is 39.6 Å². The maximum atomic E-state index is 11.4. The van der Waals surface area contributed by atoms with Crippen molar-refractivity contribution in [2.75, 3.05) is 0 Å². The Morgan fingerprint density at radius 1 is 1.11 bits per heavy atom. The molecule has 2 N–H and O–H groups in total. The average Bonchev–Trinajstić information content (AvgIpc) is 3.30. The van der Waals surface area contributed by atoms with Crippen molar-refractivity contribution < 1.29 is 4.79 Å². The second kappa shape index (κ2) is 7.13. The average molecular weight is 375 g/mol.